The molecule has 1 unspecified atom stereocenters. The number of aliphatic imine (C=N–C) groups is 1. The smallest absolute Gasteiger partial charge is 0.370 e. The summed E-state index contributed by atoms with van der Waals surface area (Å²) < 4.78 is 31.6. The fourth-order valence-electron chi connectivity index (χ4n) is 3.47. The van der Waals surface area contributed by atoms with Crippen LogP contribution in [0.4, 0.5) is 0 Å². The number of nitrogens with zero attached hydrogens (tertiary/aromatic N) is 1. The molecule has 1 fully saturated rings. The molecule has 1 saturated heterocycles. The molecule has 0 bridgehead atoms. The van der Waals surface area contributed by atoms with Gasteiger partial charge in [-0.05, 0) is 51.3 Å². The van der Waals surface area contributed by atoms with Gasteiger partial charge in [0.25, 0.3) is 0 Å². The average molecular weight is 515 g/mol. The molecular formula is C21H34N6O7S. The van der Waals surface area contributed by atoms with Gasteiger partial charge in [-0.1, -0.05) is 30.3 Å². The summed E-state index contributed by atoms with van der Waals surface area (Å²) in [6, 6.07) is 7.68. The van der Waals surface area contributed by atoms with Crippen LogP contribution < -0.4 is 27.4 Å². The summed E-state index contributed by atoms with van der Waals surface area (Å²) in [6.07, 6.45) is 2.69. The third-order valence-electron chi connectivity index (χ3n) is 5.15. The van der Waals surface area contributed by atoms with Gasteiger partial charge in [0.1, 0.15) is 0 Å². The van der Waals surface area contributed by atoms with E-state index in [4.69, 9.17) is 29.0 Å². The van der Waals surface area contributed by atoms with Crippen LogP contribution in [0.25, 0.3) is 0 Å². The Labute approximate surface area is 204 Å². The number of likely N-dealkylation sites (N-methyl/N-ethyl adjacent to an activating group) is 1. The SMILES string of the molecule is CN[C@H](Cc1ccccc1)C(=O)NC(CCCN=C(N)N)C(=O)C(=O)[C@@H]1CCCN1.O=S(=O)(O)O. The average Bonchev–Trinajstić information content (AvgIpc) is 3.32. The largest absolute Gasteiger partial charge is 0.394 e. The van der Waals surface area contributed by atoms with Crippen molar-refractivity contribution in [2.45, 2.75) is 50.2 Å². The van der Waals surface area contributed by atoms with Gasteiger partial charge in [-0.3, -0.25) is 28.5 Å². The number of benzene rings is 1. The van der Waals surface area contributed by atoms with Crippen LogP contribution in [-0.2, 0) is 31.2 Å². The molecule has 1 aliphatic rings. The molecule has 0 radical (unpaired) electrons. The molecule has 1 aromatic carbocycles. The van der Waals surface area contributed by atoms with Crippen molar-refractivity contribution in [2.24, 2.45) is 16.5 Å². The Morgan fingerprint density at radius 3 is 2.31 bits per heavy atom. The Hall–Kier alpha value is -2.91. The van der Waals surface area contributed by atoms with Crippen LogP contribution in [0.2, 0.25) is 0 Å². The zero-order valence-corrected chi connectivity index (χ0v) is 20.3. The van der Waals surface area contributed by atoms with Crippen molar-refractivity contribution >= 4 is 33.8 Å². The summed E-state index contributed by atoms with van der Waals surface area (Å²) in [6.45, 7) is 1.03. The van der Waals surface area contributed by atoms with Crippen LogP contribution in [0.1, 0.15) is 31.2 Å². The molecule has 3 atom stereocenters. The molecule has 0 spiro atoms. The molecule has 13 nitrogen and oxygen atoms in total. The second-order valence-electron chi connectivity index (χ2n) is 7.87. The molecule has 0 saturated carbocycles. The van der Waals surface area contributed by atoms with Gasteiger partial charge in [0, 0.05) is 6.54 Å². The molecule has 9 N–H and O–H groups in total. The lowest BCUT2D eigenvalue weighted by atomic mass is 9.97. The molecule has 14 heteroatoms. The maximum atomic E-state index is 12.9. The zero-order valence-electron chi connectivity index (χ0n) is 19.5. The molecule has 196 valence electrons. The number of guanidine groups is 1. The lowest BCUT2D eigenvalue weighted by Crippen LogP contribution is -2.53. The number of amides is 1. The fourth-order valence-corrected chi connectivity index (χ4v) is 3.47. The van der Waals surface area contributed by atoms with Gasteiger partial charge >= 0.3 is 10.4 Å². The molecule has 1 amide bonds. The molecule has 0 aromatic heterocycles. The minimum absolute atomic E-state index is 0.0359. The van der Waals surface area contributed by atoms with E-state index in [2.05, 4.69) is 20.9 Å². The van der Waals surface area contributed by atoms with Crippen LogP contribution >= 0.6 is 0 Å². The van der Waals surface area contributed by atoms with Crippen LogP contribution in [0, 0.1) is 0 Å². The third kappa shape index (κ3) is 12.9. The van der Waals surface area contributed by atoms with Crippen molar-refractivity contribution in [1.29, 1.82) is 0 Å². The van der Waals surface area contributed by atoms with Crippen LogP contribution in [0.15, 0.2) is 35.3 Å². The summed E-state index contributed by atoms with van der Waals surface area (Å²) in [5, 5.41) is 8.80. The van der Waals surface area contributed by atoms with E-state index in [-0.39, 0.29) is 18.3 Å². The van der Waals surface area contributed by atoms with E-state index in [1.807, 2.05) is 30.3 Å². The molecule has 1 aliphatic heterocycles. The summed E-state index contributed by atoms with van der Waals surface area (Å²) in [5.74, 6) is -1.43. The van der Waals surface area contributed by atoms with Gasteiger partial charge < -0.3 is 27.4 Å². The maximum Gasteiger partial charge on any atom is 0.394 e. The van der Waals surface area contributed by atoms with Gasteiger partial charge in [0.15, 0.2) is 5.96 Å². The van der Waals surface area contributed by atoms with Crippen molar-refractivity contribution in [1.82, 2.24) is 16.0 Å². The molecule has 2 rings (SSSR count). The Morgan fingerprint density at radius 2 is 1.80 bits per heavy atom. The Bertz CT molecular complexity index is 954. The van der Waals surface area contributed by atoms with E-state index in [1.54, 1.807) is 7.05 Å². The highest BCUT2D eigenvalue weighted by Crippen LogP contribution is 2.11. The molecule has 35 heavy (non-hydrogen) atoms. The predicted molar refractivity (Wildman–Crippen MR) is 130 cm³/mol. The van der Waals surface area contributed by atoms with Gasteiger partial charge in [0.2, 0.25) is 17.5 Å². The van der Waals surface area contributed by atoms with Crippen molar-refractivity contribution in [3.63, 3.8) is 0 Å². The number of hydrogen-bond acceptors (Lipinski definition) is 8. The molecular weight excluding hydrogens is 480 g/mol. The summed E-state index contributed by atoms with van der Waals surface area (Å²) in [4.78, 5) is 42.2. The first-order valence-electron chi connectivity index (χ1n) is 11.0. The monoisotopic (exact) mass is 514 g/mol. The van der Waals surface area contributed by atoms with Crippen LogP contribution in [0.5, 0.6) is 0 Å². The number of carbonyl (C=O) groups excluding carboxylic acids is 3. The molecule has 1 heterocycles. The summed E-state index contributed by atoms with van der Waals surface area (Å²) >= 11 is 0. The van der Waals surface area contributed by atoms with E-state index in [1.165, 1.54) is 0 Å². The second kappa shape index (κ2) is 15.2. The Balaban J connectivity index is 0.00000111. The number of carbonyl (C=O) groups is 3. The van der Waals surface area contributed by atoms with E-state index < -0.39 is 40.1 Å². The number of nitrogens with one attached hydrogen (secondary N) is 3. The van der Waals surface area contributed by atoms with E-state index in [0.29, 0.717) is 32.4 Å². The molecule has 0 aliphatic carbocycles. The number of ketones is 2. The summed E-state index contributed by atoms with van der Waals surface area (Å²) in [7, 11) is -2.98. The van der Waals surface area contributed by atoms with Crippen molar-refractivity contribution in [3.8, 4) is 0 Å². The minimum Gasteiger partial charge on any atom is -0.370 e. The van der Waals surface area contributed by atoms with Crippen LogP contribution in [-0.4, -0.2) is 79.2 Å². The van der Waals surface area contributed by atoms with Gasteiger partial charge in [-0.15, -0.1) is 0 Å². The highest BCUT2D eigenvalue weighted by molar-refractivity contribution is 7.79. The van der Waals surface area contributed by atoms with Crippen molar-refractivity contribution < 1.29 is 31.9 Å². The van der Waals surface area contributed by atoms with Crippen molar-refractivity contribution in [3.05, 3.63) is 35.9 Å². The van der Waals surface area contributed by atoms with Gasteiger partial charge in [0.05, 0.1) is 18.1 Å². The Morgan fingerprint density at radius 1 is 1.17 bits per heavy atom. The first-order chi connectivity index (χ1) is 16.4. The van der Waals surface area contributed by atoms with E-state index in [0.717, 1.165) is 12.0 Å². The van der Waals surface area contributed by atoms with E-state index in [9.17, 15) is 14.4 Å². The third-order valence-corrected chi connectivity index (χ3v) is 5.15. The highest BCUT2D eigenvalue weighted by atomic mass is 32.3. The van der Waals surface area contributed by atoms with Crippen LogP contribution in [0.3, 0.4) is 0 Å². The van der Waals surface area contributed by atoms with E-state index >= 15 is 0 Å². The lowest BCUT2D eigenvalue weighted by Gasteiger charge is -2.22. The Kier molecular flexibility index (Phi) is 13.0. The summed E-state index contributed by atoms with van der Waals surface area (Å²) in [5.41, 5.74) is 11.7. The number of hydrogen-bond donors (Lipinski definition) is 7. The topological polar surface area (TPSA) is 226 Å². The second-order valence-corrected chi connectivity index (χ2v) is 8.76. The van der Waals surface area contributed by atoms with Crippen molar-refractivity contribution in [2.75, 3.05) is 20.1 Å². The lowest BCUT2D eigenvalue weighted by molar-refractivity contribution is -0.140. The minimum atomic E-state index is -4.67. The quantitative estimate of drug-likeness (QED) is 0.0563. The fraction of sp³-hybridized carbons (Fsp3) is 0.524. The highest BCUT2D eigenvalue weighted by Gasteiger charge is 2.34. The number of Topliss-reactive ketones (excluding diaryl/α,β-unsaturated/α-hetero) is 2. The maximum absolute atomic E-state index is 12.9. The first-order valence-corrected chi connectivity index (χ1v) is 12.4. The predicted octanol–water partition coefficient (Wildman–Crippen LogP) is -1.41. The molecule has 1 aromatic rings. The standard InChI is InChI=1S/C21H32N6O3.H2O4S/c1-24-17(13-14-7-3-2-4-8-14)20(30)27-16(10-6-12-26-21(22)23)19(29)18(28)15-9-5-11-25-15;1-5(2,3)4/h2-4,7-8,15-17,24-25H,5-6,9-13H2,1H3,(H,27,30)(H4,22,23,26);(H2,1,2,3,4)/t15-,16?,17+;/m0./s1. The number of nitrogens with two attached hydrogens (primary N) is 2. The van der Waals surface area contributed by atoms with Gasteiger partial charge in [-0.2, -0.15) is 8.42 Å². The van der Waals surface area contributed by atoms with Gasteiger partial charge in [-0.25, -0.2) is 0 Å². The number of rotatable bonds is 12. The normalized spacial score (nSPS) is 16.8. The zero-order chi connectivity index (χ0) is 26.4. The first kappa shape index (κ1) is 30.1.